The normalized spacial score (nSPS) is 12.3. The van der Waals surface area contributed by atoms with E-state index in [2.05, 4.69) is 66.0 Å². The summed E-state index contributed by atoms with van der Waals surface area (Å²) >= 11 is 0. The number of anilines is 5. The number of hydrogen-bond acceptors (Lipinski definition) is 29. The lowest BCUT2D eigenvalue weighted by atomic mass is 10.1. The predicted octanol–water partition coefficient (Wildman–Crippen LogP) is 16.4. The fourth-order valence-corrected chi connectivity index (χ4v) is 16.4. The van der Waals surface area contributed by atoms with Gasteiger partial charge in [0.2, 0.25) is 29.7 Å². The van der Waals surface area contributed by atoms with E-state index in [1.165, 1.54) is 73.5 Å². The topological polar surface area (TPSA) is 416 Å². The molecule has 1 saturated carbocycles. The van der Waals surface area contributed by atoms with E-state index in [0.29, 0.717) is 162 Å². The van der Waals surface area contributed by atoms with Crippen LogP contribution in [0.1, 0.15) is 53.5 Å². The largest absolute Gasteiger partial charge is 0.396 e. The van der Waals surface area contributed by atoms with Crippen LogP contribution >= 0.6 is 0 Å². The van der Waals surface area contributed by atoms with E-state index in [1.54, 1.807) is 124 Å². The summed E-state index contributed by atoms with van der Waals surface area (Å²) in [4.78, 5) is 70.8. The van der Waals surface area contributed by atoms with Gasteiger partial charge >= 0.3 is 0 Å². The highest BCUT2D eigenvalue weighted by atomic mass is 19.1. The van der Waals surface area contributed by atoms with Crippen molar-refractivity contribution in [3.63, 3.8) is 0 Å². The van der Waals surface area contributed by atoms with Crippen LogP contribution in [0.25, 0.3) is 141 Å². The minimum absolute atomic E-state index is 0.0622. The number of aliphatic hydroxyl groups excluding tert-OH is 6. The molecule has 22 rings (SSSR count). The summed E-state index contributed by atoms with van der Waals surface area (Å²) in [6.45, 7) is 6.37. The molecule has 20 aromatic rings. The number of aromatic nitrogens is 20. The van der Waals surface area contributed by atoms with Gasteiger partial charge in [-0.2, -0.15) is 0 Å². The van der Waals surface area contributed by atoms with Crippen molar-refractivity contribution >= 4 is 58.0 Å². The Kier molecular flexibility index (Phi) is 32.5. The monoisotopic (exact) mass is 1990 g/mol. The highest BCUT2D eigenvalue weighted by molar-refractivity contribution is 5.86. The Morgan fingerprint density at radius 1 is 0.313 bits per heavy atom. The molecule has 39 heteroatoms. The van der Waals surface area contributed by atoms with Crippen molar-refractivity contribution in [1.82, 2.24) is 96.8 Å². The van der Waals surface area contributed by atoms with E-state index in [0.717, 1.165) is 122 Å². The molecule has 0 bridgehead atoms. The molecule has 0 unspecified atom stereocenters. The summed E-state index contributed by atoms with van der Waals surface area (Å²) in [5.74, 6) is 1.83. The van der Waals surface area contributed by atoms with Gasteiger partial charge in [0.15, 0.2) is 0 Å². The van der Waals surface area contributed by atoms with Gasteiger partial charge in [0.25, 0.3) is 0 Å². The van der Waals surface area contributed by atoms with Crippen molar-refractivity contribution < 1.29 is 66.8 Å². The smallest absolute Gasteiger partial charge is 0.226 e. The van der Waals surface area contributed by atoms with Crippen LogP contribution in [0.4, 0.5) is 51.7 Å². The summed E-state index contributed by atoms with van der Waals surface area (Å²) in [5, 5.41) is 69.0. The Morgan fingerprint density at radius 3 is 0.864 bits per heavy atom. The molecule has 0 amide bonds. The molecule has 748 valence electrons. The van der Waals surface area contributed by atoms with E-state index < -0.39 is 0 Å². The second-order valence-corrected chi connectivity index (χ2v) is 34.1. The Bertz CT molecular complexity index is 7710. The fraction of sp³-hybridized carbons (Fsp3) is 0.213. The lowest BCUT2D eigenvalue weighted by Crippen LogP contribution is -2.37. The van der Waals surface area contributed by atoms with E-state index in [4.69, 9.17) is 54.2 Å². The summed E-state index contributed by atoms with van der Waals surface area (Å²) in [6, 6.07) is 58.4. The number of methoxy groups -OCH3 is 2. The fourth-order valence-electron chi connectivity index (χ4n) is 16.4. The highest BCUT2D eigenvalue weighted by Crippen LogP contribution is 2.40. The lowest BCUT2D eigenvalue weighted by Gasteiger charge is -2.26. The Hall–Kier alpha value is -16.8. The number of nitrogens with one attached hydrogen (secondary N) is 4. The van der Waals surface area contributed by atoms with E-state index >= 15 is 0 Å². The zero-order chi connectivity index (χ0) is 102. The minimum atomic E-state index is -0.320. The van der Waals surface area contributed by atoms with Crippen LogP contribution in [0.15, 0.2) is 274 Å². The minimum Gasteiger partial charge on any atom is -0.396 e. The van der Waals surface area contributed by atoms with Crippen LogP contribution in [0.2, 0.25) is 0 Å². The van der Waals surface area contributed by atoms with Crippen molar-refractivity contribution in [3.8, 4) is 113 Å². The third-order valence-electron chi connectivity index (χ3n) is 24.0. The number of nitrogens with zero attached hydrogens (tertiary/aromatic N) is 21. The average molecular weight is 1990 g/mol. The van der Waals surface area contributed by atoms with Crippen LogP contribution in [0.5, 0.6) is 0 Å². The molecule has 0 atom stereocenters. The van der Waals surface area contributed by atoms with Gasteiger partial charge in [-0.1, -0.05) is 0 Å². The van der Waals surface area contributed by atoms with E-state index in [1.807, 2.05) is 126 Å². The second-order valence-electron chi connectivity index (χ2n) is 34.1. The molecule has 2 fully saturated rings. The number of hydrogen-bond donors (Lipinski definition) is 10. The van der Waals surface area contributed by atoms with Gasteiger partial charge in [-0.25, -0.2) is 96.7 Å². The van der Waals surface area contributed by atoms with Gasteiger partial charge in [-0.05, 0) is 272 Å². The van der Waals surface area contributed by atoms with Crippen molar-refractivity contribution in [3.05, 3.63) is 331 Å². The molecule has 147 heavy (non-hydrogen) atoms. The number of morpholine rings is 1. The zero-order valence-electron chi connectivity index (χ0n) is 79.9. The first-order chi connectivity index (χ1) is 72.0. The highest BCUT2D eigenvalue weighted by Gasteiger charge is 2.28. The van der Waals surface area contributed by atoms with Gasteiger partial charge in [-0.3, -0.25) is 22.0 Å². The molecule has 16 heterocycles. The molecule has 5 aromatic carbocycles. The van der Waals surface area contributed by atoms with Gasteiger partial charge in [0.05, 0.1) is 138 Å². The number of imidazole rings is 5. The van der Waals surface area contributed by atoms with Crippen molar-refractivity contribution in [2.45, 2.75) is 58.7 Å². The second kappa shape index (κ2) is 47.6. The molecule has 0 spiro atoms. The SMILES string of the molecule is COCCCNc1nccc(-c2c(-c3ccc(F)cc3)nc3cc(CO)ccn23)n1.COCCNc1nccc(-c2c(-c3ccc(F)cc3)nc3cc(CO)ccn23)n1.OCCCNc1nccc(-c2c(-c3ccc(F)cc3)nc3cc(CO)ccn23)n1.OCc1ccn2c(-c3ccnc(N4CCOCC4)n3)c(-c3ccc(F)cc3)nc2c1.OCc1ccn2c(-c3ccnc(NCC4CC4)n3)c(-c3ccc(F)cc3)nc2c1. The van der Waals surface area contributed by atoms with Crippen LogP contribution in [-0.4, -0.2) is 214 Å². The molecule has 1 saturated heterocycles. The number of benzene rings is 5. The molecular formula is C108H102F5N25O9. The maximum Gasteiger partial charge on any atom is 0.226 e. The summed E-state index contributed by atoms with van der Waals surface area (Å²) in [6.07, 6.45) is 21.7. The summed E-state index contributed by atoms with van der Waals surface area (Å²) < 4.78 is 92.4. The molecular weight excluding hydrogens is 1890 g/mol. The molecule has 10 N–H and O–H groups in total. The third kappa shape index (κ3) is 24.2. The number of pyridine rings is 5. The van der Waals surface area contributed by atoms with E-state index in [-0.39, 0.29) is 68.7 Å². The quantitative estimate of drug-likeness (QED) is 0.0138. The average Bonchev–Trinajstić information content (AvgIpc) is 1.63. The first kappa shape index (κ1) is 100. The summed E-state index contributed by atoms with van der Waals surface area (Å²) in [5.41, 5.74) is 21.7. The first-order valence-electron chi connectivity index (χ1n) is 47.4. The van der Waals surface area contributed by atoms with Crippen LogP contribution in [0.3, 0.4) is 0 Å². The number of aliphatic hydroxyl groups is 6. The molecule has 2 aliphatic rings. The van der Waals surface area contributed by atoms with Gasteiger partial charge in [-0.15, -0.1) is 0 Å². The van der Waals surface area contributed by atoms with Crippen molar-refractivity contribution in [2.24, 2.45) is 5.92 Å². The Morgan fingerprint density at radius 2 is 0.585 bits per heavy atom. The van der Waals surface area contributed by atoms with Crippen molar-refractivity contribution in [2.75, 3.05) is 113 Å². The van der Waals surface area contributed by atoms with Gasteiger partial charge in [0, 0.05) is 156 Å². The van der Waals surface area contributed by atoms with Crippen LogP contribution in [0, 0.1) is 35.0 Å². The number of ether oxygens (including phenoxy) is 3. The number of rotatable bonds is 32. The van der Waals surface area contributed by atoms with E-state index in [9.17, 15) is 47.5 Å². The zero-order valence-corrected chi connectivity index (χ0v) is 79.9. The number of fused-ring (bicyclic) bond motifs is 5. The predicted molar refractivity (Wildman–Crippen MR) is 547 cm³/mol. The molecule has 1 aliphatic carbocycles. The first-order valence-corrected chi connectivity index (χ1v) is 47.4. The Balaban J connectivity index is 0.000000120. The molecule has 15 aromatic heterocycles. The third-order valence-corrected chi connectivity index (χ3v) is 24.0. The van der Waals surface area contributed by atoms with Crippen molar-refractivity contribution in [1.29, 1.82) is 0 Å². The molecule has 0 radical (unpaired) electrons. The number of halogens is 5. The maximum absolute atomic E-state index is 13.5. The van der Waals surface area contributed by atoms with Gasteiger partial charge < -0.3 is 71.0 Å². The molecule has 34 nitrogen and oxygen atoms in total. The van der Waals surface area contributed by atoms with Crippen LogP contribution < -0.4 is 26.2 Å². The standard InChI is InChI=1S/C22H20FN5O2.C22H22FN5O2.C22H20FN5O.2C21H20FN5O2/c23-17-3-1-16(2-4-17)20-21(28-8-6-15(14-29)13-19(28)26-20)18-5-7-24-22(25-18)27-9-11-30-12-10-27;1-30-12-2-9-24-22-25-10-7-18(26-22)21-20(16-3-5-17(23)6-4-16)27-19-13-15(14-29)8-11-28(19)21;23-17-5-3-16(4-6-17)20-21(28-10-8-15(13-29)11-19(28)27-20)18-7-9-24-22(26-18)25-12-14-1-2-14;1-29-11-9-24-21-23-8-6-17(25-21)20-19(15-2-4-16(22)5-3-15)26-18-12-14(13-28)7-10-27(18)20;22-16-4-2-15(3-5-16)19-20(27-10-7-14(13-29)12-18(27)26-19)17-6-9-24-21(25-17)23-8-1-11-28/h1-8,13,29H,9-12,14H2;3-8,10-11,13,29H,2,9,12,14H2,1H3,(H,24,25,26);3-11,14,29H,1-2,12-13H2,(H,24,25,26);2-8,10,12,28H,9,11,13H2,1H3,(H,23,24,25);2-7,9-10,12,28-29H,1,8,11,13H2,(H,23,24,25). The molecule has 1 aliphatic heterocycles. The van der Waals surface area contributed by atoms with Gasteiger partial charge in [0.1, 0.15) is 57.3 Å². The lowest BCUT2D eigenvalue weighted by molar-refractivity contribution is 0.122. The maximum atomic E-state index is 13.5. The summed E-state index contributed by atoms with van der Waals surface area (Å²) in [7, 11) is 3.30. The Labute approximate surface area is 838 Å². The van der Waals surface area contributed by atoms with Crippen LogP contribution in [-0.2, 0) is 47.2 Å².